The van der Waals surface area contributed by atoms with Crippen molar-refractivity contribution in [2.45, 2.75) is 6.42 Å². The first-order valence-electron chi connectivity index (χ1n) is 4.35. The van der Waals surface area contributed by atoms with Crippen LogP contribution in [0.5, 0.6) is 0 Å². The van der Waals surface area contributed by atoms with Crippen LogP contribution in [0.2, 0.25) is 0 Å². The number of hydrogen-bond acceptors (Lipinski definition) is 2. The number of hydrogen-bond donors (Lipinski definition) is 1. The van der Waals surface area contributed by atoms with Gasteiger partial charge in [0, 0.05) is 13.5 Å². The first-order valence-corrected chi connectivity index (χ1v) is 4.76. The zero-order chi connectivity index (χ0) is 10.1. The van der Waals surface area contributed by atoms with E-state index < -0.39 is 0 Å². The summed E-state index contributed by atoms with van der Waals surface area (Å²) < 4.78 is 1.99. The average Bonchev–Trinajstić information content (AvgIpc) is 2.46. The SMILES string of the molecule is Cn1cnc2cc(CC(N)=S)ccc21. The van der Waals surface area contributed by atoms with Gasteiger partial charge in [-0.25, -0.2) is 4.98 Å². The predicted molar refractivity (Wildman–Crippen MR) is 61.2 cm³/mol. The van der Waals surface area contributed by atoms with Crippen molar-refractivity contribution in [2.75, 3.05) is 0 Å². The first kappa shape index (κ1) is 9.15. The lowest BCUT2D eigenvalue weighted by Gasteiger charge is -1.99. The van der Waals surface area contributed by atoms with Gasteiger partial charge < -0.3 is 10.3 Å². The van der Waals surface area contributed by atoms with E-state index in [-0.39, 0.29) is 0 Å². The molecule has 1 aromatic heterocycles. The minimum atomic E-state index is 0.514. The number of nitrogens with two attached hydrogens (primary N) is 1. The van der Waals surface area contributed by atoms with Crippen molar-refractivity contribution < 1.29 is 0 Å². The third-order valence-corrected chi connectivity index (χ3v) is 2.31. The highest BCUT2D eigenvalue weighted by molar-refractivity contribution is 7.80. The van der Waals surface area contributed by atoms with Crippen molar-refractivity contribution in [3.8, 4) is 0 Å². The summed E-state index contributed by atoms with van der Waals surface area (Å²) >= 11 is 4.86. The van der Waals surface area contributed by atoms with E-state index in [2.05, 4.69) is 4.98 Å². The van der Waals surface area contributed by atoms with E-state index >= 15 is 0 Å². The van der Waals surface area contributed by atoms with Crippen LogP contribution < -0.4 is 5.73 Å². The number of benzene rings is 1. The van der Waals surface area contributed by atoms with Crippen molar-refractivity contribution in [2.24, 2.45) is 12.8 Å². The first-order chi connectivity index (χ1) is 6.66. The van der Waals surface area contributed by atoms with Gasteiger partial charge in [0.15, 0.2) is 0 Å². The highest BCUT2D eigenvalue weighted by Crippen LogP contribution is 2.14. The molecule has 3 nitrogen and oxygen atoms in total. The molecule has 0 unspecified atom stereocenters. The lowest BCUT2D eigenvalue weighted by Crippen LogP contribution is -2.10. The van der Waals surface area contributed by atoms with Crippen molar-refractivity contribution in [3.63, 3.8) is 0 Å². The molecular weight excluding hydrogens is 194 g/mol. The van der Waals surface area contributed by atoms with Crippen LogP contribution in [0.1, 0.15) is 5.56 Å². The minimum absolute atomic E-state index is 0.514. The highest BCUT2D eigenvalue weighted by atomic mass is 32.1. The molecule has 0 saturated heterocycles. The second-order valence-electron chi connectivity index (χ2n) is 3.32. The maximum Gasteiger partial charge on any atom is 0.0955 e. The smallest absolute Gasteiger partial charge is 0.0955 e. The minimum Gasteiger partial charge on any atom is -0.393 e. The molecule has 2 N–H and O–H groups in total. The molecule has 0 amide bonds. The number of aryl methyl sites for hydroxylation is 1. The molecule has 0 saturated carbocycles. The van der Waals surface area contributed by atoms with Gasteiger partial charge in [0.2, 0.25) is 0 Å². The van der Waals surface area contributed by atoms with Gasteiger partial charge in [0.25, 0.3) is 0 Å². The topological polar surface area (TPSA) is 43.8 Å². The summed E-state index contributed by atoms with van der Waals surface area (Å²) in [5.41, 5.74) is 8.70. The zero-order valence-electron chi connectivity index (χ0n) is 7.90. The third kappa shape index (κ3) is 1.61. The molecule has 0 aliphatic carbocycles. The molecule has 0 spiro atoms. The molecule has 0 bridgehead atoms. The summed E-state index contributed by atoms with van der Waals surface area (Å²) in [5, 5.41) is 0. The zero-order valence-corrected chi connectivity index (χ0v) is 8.71. The van der Waals surface area contributed by atoms with Crippen LogP contribution in [0.25, 0.3) is 11.0 Å². The van der Waals surface area contributed by atoms with E-state index in [0.29, 0.717) is 11.4 Å². The van der Waals surface area contributed by atoms with Crippen molar-refractivity contribution in [3.05, 3.63) is 30.1 Å². The van der Waals surface area contributed by atoms with Crippen LogP contribution in [-0.2, 0) is 13.5 Å². The lowest BCUT2D eigenvalue weighted by atomic mass is 10.1. The Morgan fingerprint density at radius 3 is 3.07 bits per heavy atom. The molecule has 0 aliphatic heterocycles. The molecule has 0 atom stereocenters. The molecule has 0 radical (unpaired) electrons. The normalized spacial score (nSPS) is 10.6. The molecule has 0 aliphatic rings. The van der Waals surface area contributed by atoms with Crippen LogP contribution in [-0.4, -0.2) is 14.5 Å². The molecule has 2 aromatic rings. The van der Waals surface area contributed by atoms with Gasteiger partial charge in [0.1, 0.15) is 0 Å². The monoisotopic (exact) mass is 205 g/mol. The van der Waals surface area contributed by atoms with Gasteiger partial charge in [-0.1, -0.05) is 18.3 Å². The predicted octanol–water partition coefficient (Wildman–Crippen LogP) is 1.40. The van der Waals surface area contributed by atoms with E-state index in [0.717, 1.165) is 16.6 Å². The average molecular weight is 205 g/mol. The van der Waals surface area contributed by atoms with E-state index in [1.807, 2.05) is 29.8 Å². The summed E-state index contributed by atoms with van der Waals surface area (Å²) in [6.45, 7) is 0. The van der Waals surface area contributed by atoms with Crippen molar-refractivity contribution in [1.82, 2.24) is 9.55 Å². The Morgan fingerprint density at radius 2 is 2.36 bits per heavy atom. The molecule has 14 heavy (non-hydrogen) atoms. The van der Waals surface area contributed by atoms with Gasteiger partial charge in [-0.05, 0) is 17.7 Å². The molecule has 4 heteroatoms. The van der Waals surface area contributed by atoms with Crippen LogP contribution in [0.15, 0.2) is 24.5 Å². The quantitative estimate of drug-likeness (QED) is 0.754. The van der Waals surface area contributed by atoms with Crippen molar-refractivity contribution in [1.29, 1.82) is 0 Å². The van der Waals surface area contributed by atoms with Gasteiger partial charge >= 0.3 is 0 Å². The molecule has 0 fully saturated rings. The van der Waals surface area contributed by atoms with Crippen LogP contribution in [0.3, 0.4) is 0 Å². The Labute approximate surface area is 87.5 Å². The Kier molecular flexibility index (Phi) is 2.21. The van der Waals surface area contributed by atoms with Crippen LogP contribution in [0, 0.1) is 0 Å². The Hall–Kier alpha value is -1.42. The van der Waals surface area contributed by atoms with Crippen molar-refractivity contribution >= 4 is 28.2 Å². The second-order valence-corrected chi connectivity index (χ2v) is 3.85. The number of thiocarbonyl (C=S) groups is 1. The summed E-state index contributed by atoms with van der Waals surface area (Å²) in [7, 11) is 1.97. The summed E-state index contributed by atoms with van der Waals surface area (Å²) in [6.07, 6.45) is 2.44. The van der Waals surface area contributed by atoms with Gasteiger partial charge in [-0.15, -0.1) is 0 Å². The molecule has 72 valence electrons. The molecular formula is C10H11N3S. The fourth-order valence-corrected chi connectivity index (χ4v) is 1.66. The fraction of sp³-hybridized carbons (Fsp3) is 0.200. The third-order valence-electron chi connectivity index (χ3n) is 2.17. The lowest BCUT2D eigenvalue weighted by molar-refractivity contribution is 0.947. The number of imidazole rings is 1. The Morgan fingerprint density at radius 1 is 1.57 bits per heavy atom. The number of fused-ring (bicyclic) bond motifs is 1. The molecule has 1 heterocycles. The van der Waals surface area contributed by atoms with E-state index in [1.54, 1.807) is 6.33 Å². The maximum atomic E-state index is 5.48. The Balaban J connectivity index is 2.46. The maximum absolute atomic E-state index is 5.48. The van der Waals surface area contributed by atoms with Gasteiger partial charge in [-0.2, -0.15) is 0 Å². The number of rotatable bonds is 2. The van der Waals surface area contributed by atoms with E-state index in [4.69, 9.17) is 18.0 Å². The van der Waals surface area contributed by atoms with Crippen LogP contribution >= 0.6 is 12.2 Å². The molecule has 2 rings (SSSR count). The van der Waals surface area contributed by atoms with Gasteiger partial charge in [0.05, 0.1) is 22.3 Å². The summed E-state index contributed by atoms with van der Waals surface area (Å²) in [6, 6.07) is 6.09. The highest BCUT2D eigenvalue weighted by Gasteiger charge is 2.01. The van der Waals surface area contributed by atoms with Gasteiger partial charge in [-0.3, -0.25) is 0 Å². The van der Waals surface area contributed by atoms with E-state index in [9.17, 15) is 0 Å². The second kappa shape index (κ2) is 3.38. The number of aromatic nitrogens is 2. The van der Waals surface area contributed by atoms with Crippen LogP contribution in [0.4, 0.5) is 0 Å². The largest absolute Gasteiger partial charge is 0.393 e. The summed E-state index contributed by atoms with van der Waals surface area (Å²) in [4.78, 5) is 4.78. The summed E-state index contributed by atoms with van der Waals surface area (Å²) in [5.74, 6) is 0. The number of nitrogens with zero attached hydrogens (tertiary/aromatic N) is 2. The van der Waals surface area contributed by atoms with E-state index in [1.165, 1.54) is 0 Å². The fourth-order valence-electron chi connectivity index (χ4n) is 1.49. The standard InChI is InChI=1S/C10H11N3S/c1-13-6-12-8-4-7(5-10(11)14)2-3-9(8)13/h2-4,6H,5H2,1H3,(H2,11,14). The Bertz CT molecular complexity index is 487. The molecule has 1 aromatic carbocycles.